The molecule has 2 aromatic heterocycles. The van der Waals surface area contributed by atoms with Gasteiger partial charge in [-0.15, -0.1) is 0 Å². The van der Waals surface area contributed by atoms with Crippen LogP contribution in [0.1, 0.15) is 32.5 Å². The molecule has 0 unspecified atom stereocenters. The molecule has 1 aromatic carbocycles. The minimum absolute atomic E-state index is 0.122. The monoisotopic (exact) mass is 396 g/mol. The van der Waals surface area contributed by atoms with Crippen molar-refractivity contribution in [3.8, 4) is 0 Å². The maximum Gasteiger partial charge on any atom is 0.301 e. The van der Waals surface area contributed by atoms with Crippen molar-refractivity contribution in [2.24, 2.45) is 0 Å². The number of fused-ring (bicyclic) bond motifs is 1. The fourth-order valence-corrected chi connectivity index (χ4v) is 3.54. The lowest BCUT2D eigenvalue weighted by Crippen LogP contribution is -2.46. The van der Waals surface area contributed by atoms with Gasteiger partial charge in [0.2, 0.25) is 5.89 Å². The van der Waals surface area contributed by atoms with Gasteiger partial charge >= 0.3 is 5.69 Å². The molecule has 0 spiro atoms. The Morgan fingerprint density at radius 3 is 2.59 bits per heavy atom. The number of benzene rings is 1. The smallest absolute Gasteiger partial charge is 0.301 e. The van der Waals surface area contributed by atoms with E-state index in [-0.39, 0.29) is 16.0 Å². The summed E-state index contributed by atoms with van der Waals surface area (Å²) in [6.07, 6.45) is 1.65. The number of piperazine rings is 1. The first-order valence-corrected chi connectivity index (χ1v) is 9.65. The summed E-state index contributed by atoms with van der Waals surface area (Å²) in [6.45, 7) is 9.63. The van der Waals surface area contributed by atoms with Crippen molar-refractivity contribution >= 4 is 22.3 Å². The molecule has 3 heterocycles. The van der Waals surface area contributed by atoms with Crippen molar-refractivity contribution in [1.82, 2.24) is 20.0 Å². The van der Waals surface area contributed by atoms with Crippen molar-refractivity contribution < 1.29 is 9.45 Å². The van der Waals surface area contributed by atoms with Gasteiger partial charge in [0.15, 0.2) is 5.82 Å². The van der Waals surface area contributed by atoms with Gasteiger partial charge in [-0.2, -0.15) is 4.98 Å². The van der Waals surface area contributed by atoms with E-state index in [2.05, 4.69) is 24.9 Å². The Kier molecular flexibility index (Phi) is 4.91. The molecule has 0 amide bonds. The highest BCUT2D eigenvalue weighted by Gasteiger charge is 2.27. The maximum absolute atomic E-state index is 11.8. The van der Waals surface area contributed by atoms with Crippen LogP contribution in [0, 0.1) is 10.1 Å². The second-order valence-corrected chi connectivity index (χ2v) is 8.29. The summed E-state index contributed by atoms with van der Waals surface area (Å²) in [6, 6.07) is 7.13. The molecule has 29 heavy (non-hydrogen) atoms. The molecule has 0 aliphatic carbocycles. The van der Waals surface area contributed by atoms with Crippen molar-refractivity contribution in [3.05, 3.63) is 52.3 Å². The Bertz CT molecular complexity index is 1030. The van der Waals surface area contributed by atoms with Gasteiger partial charge in [-0.1, -0.05) is 25.9 Å². The van der Waals surface area contributed by atoms with Gasteiger partial charge in [0.25, 0.3) is 0 Å². The molecular weight excluding hydrogens is 372 g/mol. The van der Waals surface area contributed by atoms with Gasteiger partial charge < -0.3 is 9.42 Å². The van der Waals surface area contributed by atoms with E-state index in [1.54, 1.807) is 24.4 Å². The number of rotatable bonds is 4. The van der Waals surface area contributed by atoms with Crippen LogP contribution in [-0.2, 0) is 12.0 Å². The number of hydrogen-bond donors (Lipinski definition) is 0. The van der Waals surface area contributed by atoms with E-state index in [0.29, 0.717) is 47.9 Å². The Morgan fingerprint density at radius 1 is 1.17 bits per heavy atom. The van der Waals surface area contributed by atoms with E-state index >= 15 is 0 Å². The standard InChI is InChI=1S/C20H24N6O3/c1-20(2,3)19-22-17(23-29-19)13-24-9-11-25(12-10-24)16-7-6-15-14(5-4-8-21-15)18(16)26(27)28/h4-8H,9-13H2,1-3H3. The van der Waals surface area contributed by atoms with E-state index in [9.17, 15) is 10.1 Å². The quantitative estimate of drug-likeness (QED) is 0.490. The summed E-state index contributed by atoms with van der Waals surface area (Å²) in [5, 5.41) is 16.4. The lowest BCUT2D eigenvalue weighted by molar-refractivity contribution is -0.382. The Hall–Kier alpha value is -3.07. The zero-order valence-electron chi connectivity index (χ0n) is 16.8. The molecule has 9 heteroatoms. The van der Waals surface area contributed by atoms with Gasteiger partial charge in [-0.25, -0.2) is 0 Å². The second kappa shape index (κ2) is 7.40. The SMILES string of the molecule is CC(C)(C)c1nc(CN2CCN(c3ccc4ncccc4c3[N+](=O)[O-])CC2)no1. The lowest BCUT2D eigenvalue weighted by atomic mass is 9.97. The molecule has 1 saturated heterocycles. The van der Waals surface area contributed by atoms with Crippen molar-refractivity contribution in [2.75, 3.05) is 31.1 Å². The minimum atomic E-state index is -0.306. The first-order chi connectivity index (χ1) is 13.8. The Morgan fingerprint density at radius 2 is 1.93 bits per heavy atom. The van der Waals surface area contributed by atoms with E-state index in [1.165, 1.54) is 0 Å². The summed E-state index contributed by atoms with van der Waals surface area (Å²) >= 11 is 0. The van der Waals surface area contributed by atoms with Gasteiger partial charge in [0.05, 0.1) is 22.4 Å². The summed E-state index contributed by atoms with van der Waals surface area (Å²) in [7, 11) is 0. The Balaban J connectivity index is 1.48. The molecule has 0 bridgehead atoms. The van der Waals surface area contributed by atoms with Crippen LogP contribution in [0.4, 0.5) is 11.4 Å². The largest absolute Gasteiger partial charge is 0.363 e. The molecule has 152 valence electrons. The predicted molar refractivity (Wildman–Crippen MR) is 109 cm³/mol. The number of aromatic nitrogens is 3. The van der Waals surface area contributed by atoms with Crippen molar-refractivity contribution in [2.45, 2.75) is 32.7 Å². The molecule has 0 radical (unpaired) electrons. The second-order valence-electron chi connectivity index (χ2n) is 8.29. The maximum atomic E-state index is 11.8. The average molecular weight is 396 g/mol. The van der Waals surface area contributed by atoms with Gasteiger partial charge in [0, 0.05) is 37.8 Å². The van der Waals surface area contributed by atoms with Crippen LogP contribution in [0.3, 0.4) is 0 Å². The van der Waals surface area contributed by atoms with E-state index < -0.39 is 0 Å². The van der Waals surface area contributed by atoms with Crippen LogP contribution in [0.15, 0.2) is 35.0 Å². The number of nitrogens with zero attached hydrogens (tertiary/aromatic N) is 6. The molecule has 0 saturated carbocycles. The number of nitro benzene ring substituents is 1. The van der Waals surface area contributed by atoms with Crippen LogP contribution in [-0.4, -0.2) is 51.1 Å². The Labute approximate surface area is 168 Å². The molecule has 0 atom stereocenters. The predicted octanol–water partition coefficient (Wildman–Crippen LogP) is 3.15. The van der Waals surface area contributed by atoms with Crippen molar-refractivity contribution in [3.63, 3.8) is 0 Å². The third-order valence-corrected chi connectivity index (χ3v) is 5.11. The number of pyridine rings is 1. The third-order valence-electron chi connectivity index (χ3n) is 5.11. The highest BCUT2D eigenvalue weighted by Crippen LogP contribution is 2.35. The summed E-state index contributed by atoms with van der Waals surface area (Å²) in [5.41, 5.74) is 1.23. The first kappa shape index (κ1) is 19.3. The summed E-state index contributed by atoms with van der Waals surface area (Å²) in [5.74, 6) is 1.30. The average Bonchev–Trinajstić information content (AvgIpc) is 3.16. The van der Waals surface area contributed by atoms with Crippen LogP contribution >= 0.6 is 0 Å². The third kappa shape index (κ3) is 3.91. The van der Waals surface area contributed by atoms with Crippen LogP contribution in [0.5, 0.6) is 0 Å². The normalized spacial score (nSPS) is 15.8. The highest BCUT2D eigenvalue weighted by atomic mass is 16.6. The number of hydrogen-bond acceptors (Lipinski definition) is 8. The molecule has 1 aliphatic heterocycles. The fourth-order valence-electron chi connectivity index (χ4n) is 3.54. The highest BCUT2D eigenvalue weighted by molar-refractivity contribution is 5.94. The number of nitro groups is 1. The molecule has 3 aromatic rings. The molecule has 9 nitrogen and oxygen atoms in total. The van der Waals surface area contributed by atoms with Crippen LogP contribution < -0.4 is 4.90 Å². The topological polar surface area (TPSA) is 101 Å². The van der Waals surface area contributed by atoms with Gasteiger partial charge in [0.1, 0.15) is 5.69 Å². The first-order valence-electron chi connectivity index (χ1n) is 9.65. The van der Waals surface area contributed by atoms with Gasteiger partial charge in [-0.3, -0.25) is 20.0 Å². The van der Waals surface area contributed by atoms with Crippen LogP contribution in [0.25, 0.3) is 10.9 Å². The molecule has 4 rings (SSSR count). The molecular formula is C20H24N6O3. The number of anilines is 1. The molecule has 1 aliphatic rings. The van der Waals surface area contributed by atoms with Crippen molar-refractivity contribution in [1.29, 1.82) is 0 Å². The molecule has 1 fully saturated rings. The summed E-state index contributed by atoms with van der Waals surface area (Å²) in [4.78, 5) is 24.5. The van der Waals surface area contributed by atoms with Crippen LogP contribution in [0.2, 0.25) is 0 Å². The van der Waals surface area contributed by atoms with E-state index in [4.69, 9.17) is 4.52 Å². The summed E-state index contributed by atoms with van der Waals surface area (Å²) < 4.78 is 5.36. The molecule has 0 N–H and O–H groups in total. The zero-order chi connectivity index (χ0) is 20.6. The van der Waals surface area contributed by atoms with Gasteiger partial charge in [-0.05, 0) is 24.3 Å². The van der Waals surface area contributed by atoms with E-state index in [0.717, 1.165) is 13.1 Å². The fraction of sp³-hybridized carbons (Fsp3) is 0.450. The van der Waals surface area contributed by atoms with E-state index in [1.807, 2.05) is 26.8 Å². The lowest BCUT2D eigenvalue weighted by Gasteiger charge is -2.35. The minimum Gasteiger partial charge on any atom is -0.363 e. The zero-order valence-corrected chi connectivity index (χ0v) is 16.8.